The lowest BCUT2D eigenvalue weighted by Crippen LogP contribution is -2.27. The summed E-state index contributed by atoms with van der Waals surface area (Å²) in [6.45, 7) is 4.35. The number of unbranched alkanes of at least 4 members (excludes halogenated alkanes) is 2. The second-order valence-electron chi connectivity index (χ2n) is 4.89. The van der Waals surface area contributed by atoms with Crippen molar-refractivity contribution in [1.29, 1.82) is 0 Å². The van der Waals surface area contributed by atoms with Crippen LogP contribution in [0.15, 0.2) is 15.7 Å². The molecule has 1 N–H and O–H groups in total. The van der Waals surface area contributed by atoms with Crippen LogP contribution in [-0.2, 0) is 4.74 Å². The second kappa shape index (κ2) is 7.53. The van der Waals surface area contributed by atoms with E-state index in [9.17, 15) is 0 Å². The van der Waals surface area contributed by atoms with Crippen molar-refractivity contribution < 1.29 is 4.74 Å². The standard InChI is InChI=1S/C14H23NOS2/c1-11-10-13(12-6-9-17-14(12)18-11)15-7-4-3-5-8-16-2/h6,9,11,13,15H,3-5,7-8,10H2,1-2H3/t11-,13?/m0/s1. The molecule has 1 aliphatic rings. The molecule has 1 aromatic rings. The van der Waals surface area contributed by atoms with E-state index in [0.29, 0.717) is 6.04 Å². The van der Waals surface area contributed by atoms with Gasteiger partial charge >= 0.3 is 0 Å². The van der Waals surface area contributed by atoms with Gasteiger partial charge in [0.25, 0.3) is 0 Å². The number of nitrogens with one attached hydrogen (secondary N) is 1. The molecule has 0 aromatic carbocycles. The molecule has 0 aliphatic carbocycles. The number of fused-ring (bicyclic) bond motifs is 1. The van der Waals surface area contributed by atoms with Crippen LogP contribution in [-0.4, -0.2) is 25.5 Å². The van der Waals surface area contributed by atoms with Gasteiger partial charge in [0.05, 0.1) is 4.21 Å². The van der Waals surface area contributed by atoms with Gasteiger partial charge in [-0.15, -0.1) is 23.1 Å². The summed E-state index contributed by atoms with van der Waals surface area (Å²) in [6, 6.07) is 2.87. The summed E-state index contributed by atoms with van der Waals surface area (Å²) in [5, 5.41) is 6.69. The topological polar surface area (TPSA) is 21.3 Å². The van der Waals surface area contributed by atoms with Gasteiger partial charge in [0.1, 0.15) is 0 Å². The third-order valence-corrected chi connectivity index (χ3v) is 5.67. The van der Waals surface area contributed by atoms with Crippen LogP contribution < -0.4 is 5.32 Å². The Morgan fingerprint density at radius 2 is 2.28 bits per heavy atom. The maximum Gasteiger partial charge on any atom is 0.0649 e. The molecule has 18 heavy (non-hydrogen) atoms. The van der Waals surface area contributed by atoms with E-state index in [1.54, 1.807) is 7.11 Å². The first kappa shape index (κ1) is 14.4. The predicted octanol–water partition coefficient (Wildman–Crippen LogP) is 4.08. The molecule has 1 aliphatic heterocycles. The number of methoxy groups -OCH3 is 1. The molecule has 2 rings (SSSR count). The van der Waals surface area contributed by atoms with Gasteiger partial charge in [0, 0.05) is 25.0 Å². The van der Waals surface area contributed by atoms with Gasteiger partial charge in [-0.3, -0.25) is 0 Å². The molecular formula is C14H23NOS2. The van der Waals surface area contributed by atoms with Crippen LogP contribution in [0, 0.1) is 0 Å². The largest absolute Gasteiger partial charge is 0.385 e. The monoisotopic (exact) mass is 285 g/mol. The Morgan fingerprint density at radius 3 is 3.11 bits per heavy atom. The molecule has 0 spiro atoms. The molecule has 0 saturated carbocycles. The van der Waals surface area contributed by atoms with Crippen molar-refractivity contribution in [3.05, 3.63) is 17.0 Å². The Morgan fingerprint density at radius 1 is 1.39 bits per heavy atom. The highest BCUT2D eigenvalue weighted by atomic mass is 32.2. The normalized spacial score (nSPS) is 23.0. The summed E-state index contributed by atoms with van der Waals surface area (Å²) in [4.78, 5) is 0. The van der Waals surface area contributed by atoms with Crippen LogP contribution in [0.25, 0.3) is 0 Å². The van der Waals surface area contributed by atoms with Gasteiger partial charge in [-0.25, -0.2) is 0 Å². The van der Waals surface area contributed by atoms with Gasteiger partial charge in [-0.2, -0.15) is 0 Å². The predicted molar refractivity (Wildman–Crippen MR) is 80.7 cm³/mol. The first-order valence-electron chi connectivity index (χ1n) is 6.77. The molecule has 2 nitrogen and oxygen atoms in total. The van der Waals surface area contributed by atoms with E-state index in [-0.39, 0.29) is 0 Å². The Hall–Kier alpha value is -0.0300. The van der Waals surface area contributed by atoms with E-state index in [1.807, 2.05) is 23.1 Å². The highest BCUT2D eigenvalue weighted by Crippen LogP contribution is 2.43. The molecule has 0 saturated heterocycles. The van der Waals surface area contributed by atoms with Crippen molar-refractivity contribution in [3.63, 3.8) is 0 Å². The van der Waals surface area contributed by atoms with Crippen molar-refractivity contribution in [3.8, 4) is 0 Å². The average Bonchev–Trinajstić information content (AvgIpc) is 2.81. The van der Waals surface area contributed by atoms with Crippen molar-refractivity contribution in [2.45, 2.75) is 48.1 Å². The number of thiophene rings is 1. The van der Waals surface area contributed by atoms with Crippen LogP contribution in [0.5, 0.6) is 0 Å². The van der Waals surface area contributed by atoms with E-state index in [0.717, 1.165) is 18.4 Å². The van der Waals surface area contributed by atoms with Crippen LogP contribution >= 0.6 is 23.1 Å². The minimum Gasteiger partial charge on any atom is -0.385 e. The van der Waals surface area contributed by atoms with Gasteiger partial charge in [0.15, 0.2) is 0 Å². The number of ether oxygens (including phenoxy) is 1. The van der Waals surface area contributed by atoms with E-state index >= 15 is 0 Å². The lowest BCUT2D eigenvalue weighted by atomic mass is 10.0. The zero-order valence-electron chi connectivity index (χ0n) is 11.3. The summed E-state index contributed by atoms with van der Waals surface area (Å²) in [6.07, 6.45) is 4.94. The third kappa shape index (κ3) is 3.98. The third-order valence-electron chi connectivity index (χ3n) is 3.33. The zero-order chi connectivity index (χ0) is 12.8. The lowest BCUT2D eigenvalue weighted by molar-refractivity contribution is 0.192. The van der Waals surface area contributed by atoms with Crippen LogP contribution in [0.4, 0.5) is 0 Å². The first-order chi connectivity index (χ1) is 8.81. The number of hydrogen-bond donors (Lipinski definition) is 1. The summed E-state index contributed by atoms with van der Waals surface area (Å²) < 4.78 is 6.59. The fraction of sp³-hybridized carbons (Fsp3) is 0.714. The smallest absolute Gasteiger partial charge is 0.0649 e. The van der Waals surface area contributed by atoms with Gasteiger partial charge in [-0.05, 0) is 49.2 Å². The molecule has 1 unspecified atom stereocenters. The van der Waals surface area contributed by atoms with Crippen LogP contribution in [0.2, 0.25) is 0 Å². The number of rotatable bonds is 7. The van der Waals surface area contributed by atoms with Crippen LogP contribution in [0.3, 0.4) is 0 Å². The molecule has 1 aromatic heterocycles. The van der Waals surface area contributed by atoms with Crippen molar-refractivity contribution >= 4 is 23.1 Å². The maximum absolute atomic E-state index is 5.07. The summed E-state index contributed by atoms with van der Waals surface area (Å²) in [7, 11) is 1.78. The Kier molecular flexibility index (Phi) is 6.02. The molecule has 0 fully saturated rings. The van der Waals surface area contributed by atoms with Crippen molar-refractivity contribution in [2.75, 3.05) is 20.3 Å². The quantitative estimate of drug-likeness (QED) is 0.763. The van der Waals surface area contributed by atoms with E-state index in [1.165, 1.54) is 35.5 Å². The second-order valence-corrected chi connectivity index (χ2v) is 7.51. The highest BCUT2D eigenvalue weighted by Gasteiger charge is 2.25. The molecule has 4 heteroatoms. The first-order valence-corrected chi connectivity index (χ1v) is 8.53. The molecular weight excluding hydrogens is 262 g/mol. The van der Waals surface area contributed by atoms with E-state index in [4.69, 9.17) is 4.74 Å². The SMILES string of the molecule is COCCCCCNC1C[C@H](C)Sc2sccc21. The molecule has 102 valence electrons. The van der Waals surface area contributed by atoms with Gasteiger partial charge in [0.2, 0.25) is 0 Å². The van der Waals surface area contributed by atoms with Gasteiger partial charge < -0.3 is 10.1 Å². The fourth-order valence-electron chi connectivity index (χ4n) is 2.37. The van der Waals surface area contributed by atoms with E-state index < -0.39 is 0 Å². The van der Waals surface area contributed by atoms with Crippen molar-refractivity contribution in [1.82, 2.24) is 5.32 Å². The molecule has 0 radical (unpaired) electrons. The van der Waals surface area contributed by atoms with Crippen molar-refractivity contribution in [2.24, 2.45) is 0 Å². The molecule has 0 bridgehead atoms. The fourth-order valence-corrected chi connectivity index (χ4v) is 4.93. The summed E-state index contributed by atoms with van der Waals surface area (Å²) >= 11 is 3.92. The molecule has 0 amide bonds. The summed E-state index contributed by atoms with van der Waals surface area (Å²) in [5.41, 5.74) is 1.53. The number of thioether (sulfide) groups is 1. The Bertz CT molecular complexity index is 353. The van der Waals surface area contributed by atoms with Crippen LogP contribution in [0.1, 0.15) is 44.2 Å². The van der Waals surface area contributed by atoms with E-state index in [2.05, 4.69) is 23.7 Å². The Balaban J connectivity index is 1.73. The zero-order valence-corrected chi connectivity index (χ0v) is 12.9. The average molecular weight is 285 g/mol. The minimum absolute atomic E-state index is 0.574. The Labute approximate surface area is 119 Å². The lowest BCUT2D eigenvalue weighted by Gasteiger charge is -2.27. The summed E-state index contributed by atoms with van der Waals surface area (Å²) in [5.74, 6) is 0. The number of hydrogen-bond acceptors (Lipinski definition) is 4. The molecule has 2 heterocycles. The maximum atomic E-state index is 5.07. The highest BCUT2D eigenvalue weighted by molar-refractivity contribution is 8.01. The molecule has 2 atom stereocenters. The minimum atomic E-state index is 0.574. The van der Waals surface area contributed by atoms with Gasteiger partial charge in [-0.1, -0.05) is 6.92 Å².